The van der Waals surface area contributed by atoms with E-state index in [4.69, 9.17) is 11.6 Å². The van der Waals surface area contributed by atoms with Crippen molar-refractivity contribution in [3.63, 3.8) is 0 Å². The third-order valence-corrected chi connectivity index (χ3v) is 3.35. The fourth-order valence-corrected chi connectivity index (χ4v) is 2.04. The lowest BCUT2D eigenvalue weighted by atomic mass is 10.0. The van der Waals surface area contributed by atoms with Crippen molar-refractivity contribution in [3.8, 4) is 0 Å². The smallest absolute Gasteiger partial charge is 0.123 e. The summed E-state index contributed by atoms with van der Waals surface area (Å²) < 4.78 is 12.8. The third-order valence-electron chi connectivity index (χ3n) is 2.84. The lowest BCUT2D eigenvalue weighted by Gasteiger charge is -2.10. The molecule has 0 nitrogen and oxygen atoms in total. The molecule has 0 spiro atoms. The second kappa shape index (κ2) is 5.33. The first kappa shape index (κ1) is 12.1. The Balaban J connectivity index is 2.23. The monoisotopic (exact) mass is 248 g/mol. The molecule has 0 aliphatic heterocycles. The second-order valence-corrected chi connectivity index (χ2v) is 4.45. The Bertz CT molecular complexity index is 473. The lowest BCUT2D eigenvalue weighted by Crippen LogP contribution is -1.93. The van der Waals surface area contributed by atoms with Gasteiger partial charge >= 0.3 is 0 Å². The summed E-state index contributed by atoms with van der Waals surface area (Å²) in [4.78, 5) is 0. The van der Waals surface area contributed by atoms with Crippen LogP contribution in [0.2, 0.25) is 0 Å². The van der Waals surface area contributed by atoms with Gasteiger partial charge in [0, 0.05) is 0 Å². The molecule has 0 aliphatic rings. The highest BCUT2D eigenvalue weighted by Gasteiger charge is 2.10. The predicted molar refractivity (Wildman–Crippen MR) is 69.9 cm³/mol. The molecule has 17 heavy (non-hydrogen) atoms. The highest BCUT2D eigenvalue weighted by Crippen LogP contribution is 2.28. The van der Waals surface area contributed by atoms with Crippen LogP contribution in [0.1, 0.15) is 29.0 Å². The number of hydrogen-bond acceptors (Lipinski definition) is 0. The molecule has 88 valence electrons. The summed E-state index contributed by atoms with van der Waals surface area (Å²) in [7, 11) is 0. The summed E-state index contributed by atoms with van der Waals surface area (Å²) in [5.74, 6) is -0.237. The third kappa shape index (κ3) is 2.86. The molecule has 0 radical (unpaired) electrons. The second-order valence-electron chi connectivity index (χ2n) is 4.01. The predicted octanol–water partition coefficient (Wildman–Crippen LogP) is 4.72. The normalized spacial score (nSPS) is 12.4. The van der Waals surface area contributed by atoms with Crippen LogP contribution in [0, 0.1) is 5.82 Å². The van der Waals surface area contributed by atoms with Gasteiger partial charge < -0.3 is 0 Å². The van der Waals surface area contributed by atoms with Gasteiger partial charge in [-0.2, -0.15) is 0 Å². The highest BCUT2D eigenvalue weighted by molar-refractivity contribution is 6.22. The quantitative estimate of drug-likeness (QED) is 0.690. The molecule has 0 saturated heterocycles. The van der Waals surface area contributed by atoms with Crippen molar-refractivity contribution in [1.82, 2.24) is 0 Å². The van der Waals surface area contributed by atoms with Crippen LogP contribution in [0.25, 0.3) is 0 Å². The Labute approximate surface area is 106 Å². The largest absolute Gasteiger partial charge is 0.207 e. The van der Waals surface area contributed by atoms with Crippen LogP contribution in [0.3, 0.4) is 0 Å². The molecule has 0 aromatic heterocycles. The van der Waals surface area contributed by atoms with Crippen molar-refractivity contribution in [3.05, 3.63) is 71.0 Å². The number of halogens is 2. The molecule has 0 fully saturated rings. The minimum Gasteiger partial charge on any atom is -0.207 e. The molecule has 0 bridgehead atoms. The van der Waals surface area contributed by atoms with E-state index in [1.54, 1.807) is 12.1 Å². The highest BCUT2D eigenvalue weighted by atomic mass is 35.5. The molecule has 0 amide bonds. The van der Waals surface area contributed by atoms with E-state index in [1.165, 1.54) is 17.7 Å². The molecule has 2 rings (SSSR count). The van der Waals surface area contributed by atoms with Crippen LogP contribution in [0.5, 0.6) is 0 Å². The maximum absolute atomic E-state index is 12.8. The first-order valence-electron chi connectivity index (χ1n) is 5.69. The maximum atomic E-state index is 12.8. The van der Waals surface area contributed by atoms with Gasteiger partial charge in [0.1, 0.15) is 5.82 Å². The van der Waals surface area contributed by atoms with Crippen molar-refractivity contribution in [1.29, 1.82) is 0 Å². The van der Waals surface area contributed by atoms with Gasteiger partial charge in [-0.15, -0.1) is 11.6 Å². The Morgan fingerprint density at radius 2 is 1.41 bits per heavy atom. The molecule has 1 unspecified atom stereocenters. The minimum absolute atomic E-state index is 0.221. The van der Waals surface area contributed by atoms with Crippen LogP contribution >= 0.6 is 11.6 Å². The van der Waals surface area contributed by atoms with E-state index in [0.29, 0.717) is 0 Å². The number of aryl methyl sites for hydroxylation is 1. The summed E-state index contributed by atoms with van der Waals surface area (Å²) >= 11 is 6.36. The van der Waals surface area contributed by atoms with Gasteiger partial charge in [0.25, 0.3) is 0 Å². The first-order valence-corrected chi connectivity index (χ1v) is 6.12. The zero-order valence-electron chi connectivity index (χ0n) is 9.66. The fourth-order valence-electron chi connectivity index (χ4n) is 1.75. The number of alkyl halides is 1. The van der Waals surface area contributed by atoms with E-state index in [2.05, 4.69) is 19.1 Å². The average Bonchev–Trinajstić information content (AvgIpc) is 2.39. The van der Waals surface area contributed by atoms with Gasteiger partial charge in [-0.1, -0.05) is 43.3 Å². The Morgan fingerprint density at radius 1 is 0.941 bits per heavy atom. The zero-order valence-corrected chi connectivity index (χ0v) is 10.4. The number of benzene rings is 2. The van der Waals surface area contributed by atoms with E-state index in [9.17, 15) is 4.39 Å². The van der Waals surface area contributed by atoms with Gasteiger partial charge in [-0.05, 0) is 35.2 Å². The molecule has 0 aliphatic carbocycles. The molecule has 0 heterocycles. The molecule has 0 saturated carbocycles. The summed E-state index contributed by atoms with van der Waals surface area (Å²) in [6, 6.07) is 14.5. The lowest BCUT2D eigenvalue weighted by molar-refractivity contribution is 0.627. The summed E-state index contributed by atoms with van der Waals surface area (Å²) in [5.41, 5.74) is 3.24. The van der Waals surface area contributed by atoms with E-state index >= 15 is 0 Å². The molecule has 2 heteroatoms. The summed E-state index contributed by atoms with van der Waals surface area (Å²) in [6.07, 6.45) is 1.02. The van der Waals surface area contributed by atoms with Gasteiger partial charge in [0.15, 0.2) is 0 Å². The van der Waals surface area contributed by atoms with Crippen LogP contribution in [0.4, 0.5) is 4.39 Å². The van der Waals surface area contributed by atoms with Crippen molar-refractivity contribution < 1.29 is 4.39 Å². The van der Waals surface area contributed by atoms with Gasteiger partial charge in [-0.3, -0.25) is 0 Å². The Kier molecular flexibility index (Phi) is 3.80. The van der Waals surface area contributed by atoms with Crippen LogP contribution in [-0.4, -0.2) is 0 Å². The fraction of sp³-hybridized carbons (Fsp3) is 0.200. The van der Waals surface area contributed by atoms with Crippen molar-refractivity contribution in [2.45, 2.75) is 18.7 Å². The standard InChI is InChI=1S/C15H14ClF/c1-2-11-3-5-12(6-4-11)15(16)13-7-9-14(17)10-8-13/h3-10,15H,2H2,1H3. The molecule has 2 aromatic rings. The number of hydrogen-bond donors (Lipinski definition) is 0. The van der Waals surface area contributed by atoms with Crippen LogP contribution in [-0.2, 0) is 6.42 Å². The first-order chi connectivity index (χ1) is 8.20. The van der Waals surface area contributed by atoms with E-state index in [0.717, 1.165) is 17.5 Å². The molecular formula is C15H14ClF. The van der Waals surface area contributed by atoms with Crippen molar-refractivity contribution >= 4 is 11.6 Å². The van der Waals surface area contributed by atoms with E-state index in [1.807, 2.05) is 12.1 Å². The molecule has 2 aromatic carbocycles. The average molecular weight is 249 g/mol. The number of rotatable bonds is 3. The molecule has 1 atom stereocenters. The Hall–Kier alpha value is -1.34. The van der Waals surface area contributed by atoms with Gasteiger partial charge in [0.05, 0.1) is 5.38 Å². The zero-order chi connectivity index (χ0) is 12.3. The Morgan fingerprint density at radius 3 is 1.88 bits per heavy atom. The van der Waals surface area contributed by atoms with Crippen molar-refractivity contribution in [2.75, 3.05) is 0 Å². The summed E-state index contributed by atoms with van der Waals surface area (Å²) in [6.45, 7) is 2.12. The van der Waals surface area contributed by atoms with E-state index < -0.39 is 0 Å². The maximum Gasteiger partial charge on any atom is 0.123 e. The van der Waals surface area contributed by atoms with Gasteiger partial charge in [0.2, 0.25) is 0 Å². The van der Waals surface area contributed by atoms with Crippen molar-refractivity contribution in [2.24, 2.45) is 0 Å². The molecular weight excluding hydrogens is 235 g/mol. The summed E-state index contributed by atoms with van der Waals surface area (Å²) in [5, 5.41) is -0.221. The molecule has 0 N–H and O–H groups in total. The minimum atomic E-state index is -0.237. The van der Waals surface area contributed by atoms with Gasteiger partial charge in [-0.25, -0.2) is 4.39 Å². The van der Waals surface area contributed by atoms with Crippen LogP contribution in [0.15, 0.2) is 48.5 Å². The SMILES string of the molecule is CCc1ccc(C(Cl)c2ccc(F)cc2)cc1. The van der Waals surface area contributed by atoms with E-state index in [-0.39, 0.29) is 11.2 Å². The van der Waals surface area contributed by atoms with Crippen LogP contribution < -0.4 is 0 Å². The topological polar surface area (TPSA) is 0 Å².